The molecule has 1 atom stereocenters. The number of piperidine rings is 2. The minimum absolute atomic E-state index is 0.103. The highest BCUT2D eigenvalue weighted by atomic mass is 16.2. The Hall–Kier alpha value is -2.98. The van der Waals surface area contributed by atoms with Crippen LogP contribution in [0.25, 0.3) is 0 Å². The molecule has 4 amide bonds. The number of benzene rings is 1. The summed E-state index contributed by atoms with van der Waals surface area (Å²) in [7, 11) is 0. The average molecular weight is 365 g/mol. The smallest absolute Gasteiger partial charge is 0.263 e. The van der Waals surface area contributed by atoms with Gasteiger partial charge >= 0.3 is 0 Å². The van der Waals surface area contributed by atoms with Crippen molar-refractivity contribution < 1.29 is 19.2 Å². The highest BCUT2D eigenvalue weighted by Gasteiger charge is 2.45. The normalized spacial score (nSPS) is 23.0. The second-order valence-corrected chi connectivity index (χ2v) is 6.97. The van der Waals surface area contributed by atoms with Crippen molar-refractivity contribution in [3.05, 3.63) is 34.9 Å². The fourth-order valence-electron chi connectivity index (χ4n) is 3.77. The van der Waals surface area contributed by atoms with Crippen LogP contribution in [-0.2, 0) is 9.59 Å². The Morgan fingerprint density at radius 3 is 2.52 bits per heavy atom. The lowest BCUT2D eigenvalue weighted by Crippen LogP contribution is -2.54. The summed E-state index contributed by atoms with van der Waals surface area (Å²) in [4.78, 5) is 50.2. The van der Waals surface area contributed by atoms with Crippen molar-refractivity contribution in [2.45, 2.75) is 31.7 Å². The molecular weight excluding hydrogens is 346 g/mol. The summed E-state index contributed by atoms with van der Waals surface area (Å²) in [6.45, 7) is 1.85. The van der Waals surface area contributed by atoms with Crippen molar-refractivity contribution in [3.8, 4) is 11.8 Å². The molecule has 27 heavy (non-hydrogen) atoms. The van der Waals surface area contributed by atoms with Crippen LogP contribution >= 0.6 is 0 Å². The molecule has 0 saturated carbocycles. The highest BCUT2D eigenvalue weighted by Crippen LogP contribution is 2.29. The number of amides is 4. The minimum Gasteiger partial charge on any atom is -0.317 e. The summed E-state index contributed by atoms with van der Waals surface area (Å²) in [5.74, 6) is 4.54. The Bertz CT molecular complexity index is 906. The molecule has 2 saturated heterocycles. The maximum atomic E-state index is 13.0. The van der Waals surface area contributed by atoms with E-state index in [0.717, 1.165) is 30.8 Å². The monoisotopic (exact) mass is 365 g/mol. The molecule has 0 aliphatic carbocycles. The first-order valence-corrected chi connectivity index (χ1v) is 9.13. The first kappa shape index (κ1) is 17.4. The van der Waals surface area contributed by atoms with Gasteiger partial charge < -0.3 is 5.32 Å². The van der Waals surface area contributed by atoms with E-state index in [1.807, 2.05) is 0 Å². The van der Waals surface area contributed by atoms with Gasteiger partial charge in [0.25, 0.3) is 11.8 Å². The zero-order chi connectivity index (χ0) is 19.0. The van der Waals surface area contributed by atoms with Crippen molar-refractivity contribution in [2.75, 3.05) is 13.1 Å². The number of carbonyl (C=O) groups is 4. The Balaban J connectivity index is 1.64. The van der Waals surface area contributed by atoms with Crippen molar-refractivity contribution in [3.63, 3.8) is 0 Å². The summed E-state index contributed by atoms with van der Waals surface area (Å²) < 4.78 is 0. The van der Waals surface area contributed by atoms with Crippen molar-refractivity contribution in [2.24, 2.45) is 5.92 Å². The summed E-state index contributed by atoms with van der Waals surface area (Å²) in [6, 6.07) is 4.05. The third-order valence-electron chi connectivity index (χ3n) is 5.22. The second-order valence-electron chi connectivity index (χ2n) is 6.97. The van der Waals surface area contributed by atoms with E-state index in [4.69, 9.17) is 0 Å². The van der Waals surface area contributed by atoms with Gasteiger partial charge in [-0.1, -0.05) is 17.9 Å². The van der Waals surface area contributed by atoms with Gasteiger partial charge in [0.2, 0.25) is 11.8 Å². The quantitative estimate of drug-likeness (QED) is 0.556. The van der Waals surface area contributed by atoms with Gasteiger partial charge in [-0.15, -0.1) is 0 Å². The van der Waals surface area contributed by atoms with Crippen LogP contribution in [0.3, 0.4) is 0 Å². The molecule has 3 heterocycles. The SMILES string of the molecule is O=C1CCC(N2C(=O)c3cccc(C#CC4CCNCC4)c3C2=O)C(=O)N1. The zero-order valence-corrected chi connectivity index (χ0v) is 14.7. The summed E-state index contributed by atoms with van der Waals surface area (Å²) in [5, 5.41) is 5.48. The molecule has 0 aromatic heterocycles. The molecule has 3 aliphatic heterocycles. The minimum atomic E-state index is -0.958. The molecule has 1 unspecified atom stereocenters. The standard InChI is InChI=1S/C20H19N3O4/c24-16-7-6-15(18(25)22-16)23-19(26)14-3-1-2-13(17(14)20(23)27)5-4-12-8-10-21-11-9-12/h1-3,12,15,21H,6-11H2,(H,22,24,25). The van der Waals surface area contributed by atoms with Crippen molar-refractivity contribution in [1.29, 1.82) is 0 Å². The molecule has 0 bridgehead atoms. The largest absolute Gasteiger partial charge is 0.317 e. The van der Waals surface area contributed by atoms with Crippen molar-refractivity contribution >= 4 is 23.6 Å². The molecule has 0 radical (unpaired) electrons. The van der Waals surface area contributed by atoms with E-state index < -0.39 is 23.8 Å². The van der Waals surface area contributed by atoms with E-state index in [1.165, 1.54) is 0 Å². The summed E-state index contributed by atoms with van der Waals surface area (Å²) in [6.07, 6.45) is 2.16. The van der Waals surface area contributed by atoms with E-state index in [9.17, 15) is 19.2 Å². The van der Waals surface area contributed by atoms with Crippen LogP contribution in [-0.4, -0.2) is 47.7 Å². The molecule has 2 fully saturated rings. The first-order chi connectivity index (χ1) is 13.1. The van der Waals surface area contributed by atoms with Crippen LogP contribution in [0.4, 0.5) is 0 Å². The number of rotatable bonds is 1. The summed E-state index contributed by atoms with van der Waals surface area (Å²) >= 11 is 0. The molecule has 7 heteroatoms. The first-order valence-electron chi connectivity index (χ1n) is 9.13. The van der Waals surface area contributed by atoms with Gasteiger partial charge in [0, 0.05) is 17.9 Å². The number of hydrogen-bond acceptors (Lipinski definition) is 5. The number of fused-ring (bicyclic) bond motifs is 1. The van der Waals surface area contributed by atoms with Gasteiger partial charge in [0.1, 0.15) is 6.04 Å². The molecule has 138 valence electrons. The predicted octanol–water partition coefficient (Wildman–Crippen LogP) is 0.439. The molecule has 3 aliphatic rings. The average Bonchev–Trinajstić information content (AvgIpc) is 2.93. The number of nitrogens with one attached hydrogen (secondary N) is 2. The molecule has 0 spiro atoms. The van der Waals surface area contributed by atoms with Gasteiger partial charge in [-0.25, -0.2) is 0 Å². The van der Waals surface area contributed by atoms with Crippen LogP contribution in [0.15, 0.2) is 18.2 Å². The van der Waals surface area contributed by atoms with Crippen LogP contribution in [0.5, 0.6) is 0 Å². The Morgan fingerprint density at radius 1 is 1.00 bits per heavy atom. The lowest BCUT2D eigenvalue weighted by atomic mass is 9.97. The van der Waals surface area contributed by atoms with Crippen LogP contribution in [0.1, 0.15) is 52.0 Å². The van der Waals surface area contributed by atoms with E-state index in [1.54, 1.807) is 18.2 Å². The van der Waals surface area contributed by atoms with Gasteiger partial charge in [0.15, 0.2) is 0 Å². The number of carbonyl (C=O) groups excluding carboxylic acids is 4. The second kappa shape index (κ2) is 6.97. The van der Waals surface area contributed by atoms with E-state index in [2.05, 4.69) is 22.5 Å². The van der Waals surface area contributed by atoms with Crippen LogP contribution in [0.2, 0.25) is 0 Å². The molecule has 1 aromatic rings. The maximum Gasteiger partial charge on any atom is 0.263 e. The molecule has 4 rings (SSSR count). The fourth-order valence-corrected chi connectivity index (χ4v) is 3.77. The van der Waals surface area contributed by atoms with Gasteiger partial charge in [-0.2, -0.15) is 0 Å². The topological polar surface area (TPSA) is 95.6 Å². The summed E-state index contributed by atoms with van der Waals surface area (Å²) in [5.41, 5.74) is 1.04. The molecule has 7 nitrogen and oxygen atoms in total. The van der Waals surface area contributed by atoms with E-state index in [0.29, 0.717) is 5.56 Å². The van der Waals surface area contributed by atoms with Crippen molar-refractivity contribution in [1.82, 2.24) is 15.5 Å². The Kier molecular flexibility index (Phi) is 4.50. The Labute approximate surface area is 156 Å². The number of hydrogen-bond donors (Lipinski definition) is 2. The number of nitrogens with zero attached hydrogens (tertiary/aromatic N) is 1. The highest BCUT2D eigenvalue weighted by molar-refractivity contribution is 6.24. The third-order valence-corrected chi connectivity index (χ3v) is 5.22. The Morgan fingerprint density at radius 2 is 1.78 bits per heavy atom. The van der Waals surface area contributed by atoms with E-state index in [-0.39, 0.29) is 35.8 Å². The van der Waals surface area contributed by atoms with Gasteiger partial charge in [-0.3, -0.25) is 29.4 Å². The molecular formula is C20H19N3O4. The lowest BCUT2D eigenvalue weighted by molar-refractivity contribution is -0.136. The molecule has 1 aromatic carbocycles. The third kappa shape index (κ3) is 3.13. The predicted molar refractivity (Wildman–Crippen MR) is 95.6 cm³/mol. The number of imide groups is 2. The van der Waals surface area contributed by atoms with Gasteiger partial charge in [0.05, 0.1) is 11.1 Å². The van der Waals surface area contributed by atoms with Gasteiger partial charge in [-0.05, 0) is 44.5 Å². The maximum absolute atomic E-state index is 13.0. The van der Waals surface area contributed by atoms with Crippen LogP contribution in [0, 0.1) is 17.8 Å². The van der Waals surface area contributed by atoms with Crippen LogP contribution < -0.4 is 10.6 Å². The molecule has 2 N–H and O–H groups in total. The zero-order valence-electron chi connectivity index (χ0n) is 14.7. The fraction of sp³-hybridized carbons (Fsp3) is 0.400. The van der Waals surface area contributed by atoms with E-state index >= 15 is 0 Å². The lowest BCUT2D eigenvalue weighted by Gasteiger charge is -2.27.